The van der Waals surface area contributed by atoms with E-state index >= 15 is 0 Å². The number of halogens is 4. The molecule has 27 heavy (non-hydrogen) atoms. The Kier molecular flexibility index (Phi) is 5.46. The number of pyridine rings is 1. The molecule has 2 aromatic carbocycles. The average molecular weight is 391 g/mol. The number of amides is 1. The van der Waals surface area contributed by atoms with Crippen molar-refractivity contribution in [3.63, 3.8) is 0 Å². The van der Waals surface area contributed by atoms with E-state index in [2.05, 4.69) is 10.3 Å². The van der Waals surface area contributed by atoms with Gasteiger partial charge in [0.25, 0.3) is 5.91 Å². The second kappa shape index (κ2) is 7.80. The van der Waals surface area contributed by atoms with Crippen molar-refractivity contribution in [3.05, 3.63) is 100 Å². The Bertz CT molecular complexity index is 891. The second-order valence-electron chi connectivity index (χ2n) is 5.74. The second-order valence-corrected chi connectivity index (χ2v) is 6.11. The molecule has 1 aromatic heterocycles. The fraction of sp³-hybridized carbons (Fsp3) is 0.100. The molecule has 0 aliphatic rings. The lowest BCUT2D eigenvalue weighted by molar-refractivity contribution is -0.137. The summed E-state index contributed by atoms with van der Waals surface area (Å²) >= 11 is 5.87. The number of alkyl halides is 3. The number of benzene rings is 2. The summed E-state index contributed by atoms with van der Waals surface area (Å²) < 4.78 is 39.2. The molecule has 0 fully saturated rings. The number of nitrogens with zero attached hydrogens (tertiary/aromatic N) is 1. The number of carbonyl (C=O) groups is 1. The van der Waals surface area contributed by atoms with E-state index in [1.54, 1.807) is 48.7 Å². The van der Waals surface area contributed by atoms with Gasteiger partial charge in [0.2, 0.25) is 0 Å². The zero-order valence-electron chi connectivity index (χ0n) is 13.9. The van der Waals surface area contributed by atoms with Crippen molar-refractivity contribution in [1.82, 2.24) is 10.3 Å². The van der Waals surface area contributed by atoms with E-state index in [0.29, 0.717) is 5.69 Å². The average Bonchev–Trinajstić information content (AvgIpc) is 2.66. The SMILES string of the molecule is O=C(NC(c1ccccc1)c1ccccn1)c1cccc(C(F)(F)F)c1Cl. The van der Waals surface area contributed by atoms with Gasteiger partial charge < -0.3 is 5.32 Å². The molecular weight excluding hydrogens is 377 g/mol. The Morgan fingerprint density at radius 1 is 0.963 bits per heavy atom. The minimum absolute atomic E-state index is 0.247. The summed E-state index contributed by atoms with van der Waals surface area (Å²) in [6, 6.07) is 16.9. The molecule has 0 saturated heterocycles. The third-order valence-electron chi connectivity index (χ3n) is 3.94. The number of nitrogens with one attached hydrogen (secondary N) is 1. The molecule has 3 aromatic rings. The van der Waals surface area contributed by atoms with E-state index in [1.165, 1.54) is 6.07 Å². The summed E-state index contributed by atoms with van der Waals surface area (Å²) in [6.45, 7) is 0. The molecule has 0 spiro atoms. The van der Waals surface area contributed by atoms with Crippen LogP contribution in [-0.2, 0) is 6.18 Å². The topological polar surface area (TPSA) is 42.0 Å². The molecule has 1 atom stereocenters. The van der Waals surface area contributed by atoms with Crippen LogP contribution in [0.25, 0.3) is 0 Å². The predicted octanol–water partition coefficient (Wildman–Crippen LogP) is 5.27. The molecule has 3 rings (SSSR count). The monoisotopic (exact) mass is 390 g/mol. The summed E-state index contributed by atoms with van der Waals surface area (Å²) in [4.78, 5) is 17.0. The first-order chi connectivity index (χ1) is 12.9. The smallest absolute Gasteiger partial charge is 0.339 e. The van der Waals surface area contributed by atoms with Crippen molar-refractivity contribution >= 4 is 17.5 Å². The summed E-state index contributed by atoms with van der Waals surface area (Å²) in [5, 5.41) is 2.10. The molecule has 1 heterocycles. The van der Waals surface area contributed by atoms with Gasteiger partial charge in [0.1, 0.15) is 0 Å². The minimum atomic E-state index is -4.65. The largest absolute Gasteiger partial charge is 0.417 e. The summed E-state index contributed by atoms with van der Waals surface area (Å²) in [6.07, 6.45) is -3.07. The Morgan fingerprint density at radius 3 is 2.30 bits per heavy atom. The van der Waals surface area contributed by atoms with Gasteiger partial charge in [0, 0.05) is 6.20 Å². The Labute approximate surface area is 158 Å². The van der Waals surface area contributed by atoms with Gasteiger partial charge in [-0.15, -0.1) is 0 Å². The zero-order valence-corrected chi connectivity index (χ0v) is 14.6. The number of rotatable bonds is 4. The van der Waals surface area contributed by atoms with E-state index in [-0.39, 0.29) is 5.56 Å². The number of aromatic nitrogens is 1. The molecule has 0 radical (unpaired) electrons. The van der Waals surface area contributed by atoms with Crippen LogP contribution in [0.5, 0.6) is 0 Å². The molecule has 0 saturated carbocycles. The molecule has 138 valence electrons. The van der Waals surface area contributed by atoms with E-state index in [9.17, 15) is 18.0 Å². The summed E-state index contributed by atoms with van der Waals surface area (Å²) in [5.41, 5.74) is 0.00191. The molecular formula is C20H14ClF3N2O. The number of carbonyl (C=O) groups excluding carboxylic acids is 1. The predicted molar refractivity (Wildman–Crippen MR) is 96.4 cm³/mol. The highest BCUT2D eigenvalue weighted by atomic mass is 35.5. The first-order valence-electron chi connectivity index (χ1n) is 8.00. The minimum Gasteiger partial charge on any atom is -0.339 e. The molecule has 1 N–H and O–H groups in total. The third kappa shape index (κ3) is 4.28. The van der Waals surface area contributed by atoms with Gasteiger partial charge >= 0.3 is 6.18 Å². The number of hydrogen-bond donors (Lipinski definition) is 1. The standard InChI is InChI=1S/C20H14ClF3N2O/c21-17-14(9-6-10-15(17)20(22,23)24)19(27)26-18(13-7-2-1-3-8-13)16-11-4-5-12-25-16/h1-12,18H,(H,26,27). The van der Waals surface area contributed by atoms with E-state index in [4.69, 9.17) is 11.6 Å². The van der Waals surface area contributed by atoms with E-state index in [0.717, 1.165) is 17.7 Å². The van der Waals surface area contributed by atoms with E-state index in [1.807, 2.05) is 6.07 Å². The maximum absolute atomic E-state index is 13.1. The van der Waals surface area contributed by atoms with Crippen LogP contribution in [0.3, 0.4) is 0 Å². The van der Waals surface area contributed by atoms with Crippen molar-refractivity contribution in [2.75, 3.05) is 0 Å². The highest BCUT2D eigenvalue weighted by Crippen LogP contribution is 2.36. The summed E-state index contributed by atoms with van der Waals surface area (Å²) in [7, 11) is 0. The third-order valence-corrected chi connectivity index (χ3v) is 4.35. The van der Waals surface area contributed by atoms with Crippen LogP contribution in [0.2, 0.25) is 5.02 Å². The molecule has 7 heteroatoms. The molecule has 3 nitrogen and oxygen atoms in total. The maximum atomic E-state index is 13.1. The van der Waals surface area contributed by atoms with Gasteiger partial charge in [-0.2, -0.15) is 13.2 Å². The molecule has 1 amide bonds. The fourth-order valence-electron chi connectivity index (χ4n) is 2.66. The molecule has 0 aliphatic heterocycles. The quantitative estimate of drug-likeness (QED) is 0.659. The molecule has 1 unspecified atom stereocenters. The van der Waals surface area contributed by atoms with Gasteiger partial charge in [-0.1, -0.05) is 54.1 Å². The van der Waals surface area contributed by atoms with E-state index < -0.39 is 28.7 Å². The first kappa shape index (κ1) is 18.9. The van der Waals surface area contributed by atoms with Gasteiger partial charge in [-0.25, -0.2) is 0 Å². The van der Waals surface area contributed by atoms with Crippen molar-refractivity contribution < 1.29 is 18.0 Å². The van der Waals surface area contributed by atoms with Crippen LogP contribution in [0.1, 0.15) is 33.2 Å². The lowest BCUT2D eigenvalue weighted by Crippen LogP contribution is -2.30. The lowest BCUT2D eigenvalue weighted by Gasteiger charge is -2.20. The van der Waals surface area contributed by atoms with Crippen molar-refractivity contribution in [2.24, 2.45) is 0 Å². The summed E-state index contributed by atoms with van der Waals surface area (Å²) in [5.74, 6) is -0.717. The van der Waals surface area contributed by atoms with Crippen LogP contribution in [-0.4, -0.2) is 10.9 Å². The lowest BCUT2D eigenvalue weighted by atomic mass is 10.0. The number of hydrogen-bond acceptors (Lipinski definition) is 2. The van der Waals surface area contributed by atoms with Gasteiger partial charge in [0.05, 0.1) is 27.9 Å². The normalized spacial score (nSPS) is 12.4. The van der Waals surface area contributed by atoms with Gasteiger partial charge in [-0.3, -0.25) is 9.78 Å². The van der Waals surface area contributed by atoms with Crippen molar-refractivity contribution in [3.8, 4) is 0 Å². The van der Waals surface area contributed by atoms with Crippen LogP contribution >= 0.6 is 11.6 Å². The van der Waals surface area contributed by atoms with Crippen molar-refractivity contribution in [1.29, 1.82) is 0 Å². The van der Waals surface area contributed by atoms with Crippen LogP contribution < -0.4 is 5.32 Å². The Hall–Kier alpha value is -2.86. The fourth-order valence-corrected chi connectivity index (χ4v) is 2.97. The first-order valence-corrected chi connectivity index (χ1v) is 8.38. The highest BCUT2D eigenvalue weighted by molar-refractivity contribution is 6.34. The van der Waals surface area contributed by atoms with Crippen molar-refractivity contribution in [2.45, 2.75) is 12.2 Å². The van der Waals surface area contributed by atoms with Crippen LogP contribution in [0.15, 0.2) is 72.9 Å². The van der Waals surface area contributed by atoms with Gasteiger partial charge in [-0.05, 0) is 29.8 Å². The van der Waals surface area contributed by atoms with Gasteiger partial charge in [0.15, 0.2) is 0 Å². The zero-order chi connectivity index (χ0) is 19.4. The van der Waals surface area contributed by atoms with Crippen LogP contribution in [0, 0.1) is 0 Å². The van der Waals surface area contributed by atoms with Crippen LogP contribution in [0.4, 0.5) is 13.2 Å². The maximum Gasteiger partial charge on any atom is 0.417 e. The Balaban J connectivity index is 1.97. The molecule has 0 bridgehead atoms. The molecule has 0 aliphatic carbocycles. The Morgan fingerprint density at radius 2 is 1.67 bits per heavy atom. The highest BCUT2D eigenvalue weighted by Gasteiger charge is 2.35.